The van der Waals surface area contributed by atoms with Crippen LogP contribution in [0.4, 0.5) is 0 Å². The number of nitrogens with one attached hydrogen (secondary N) is 1. The third-order valence-corrected chi connectivity index (χ3v) is 4.82. The molecule has 0 aromatic rings. The van der Waals surface area contributed by atoms with Gasteiger partial charge in [-0.1, -0.05) is 40.5 Å². The van der Waals surface area contributed by atoms with Crippen LogP contribution in [0, 0.1) is 11.3 Å². The van der Waals surface area contributed by atoms with Crippen LogP contribution in [0.25, 0.3) is 0 Å². The van der Waals surface area contributed by atoms with Crippen LogP contribution < -0.4 is 11.1 Å². The number of carbonyl (C=O) groups is 1. The lowest BCUT2D eigenvalue weighted by Crippen LogP contribution is -2.58. The summed E-state index contributed by atoms with van der Waals surface area (Å²) in [5.74, 6) is 0.691. The highest BCUT2D eigenvalue weighted by atomic mass is 16.2. The van der Waals surface area contributed by atoms with Crippen LogP contribution in [0.15, 0.2) is 0 Å². The average Bonchev–Trinajstić information content (AvgIpc) is 2.33. The van der Waals surface area contributed by atoms with Crippen LogP contribution in [-0.2, 0) is 4.79 Å². The van der Waals surface area contributed by atoms with Crippen molar-refractivity contribution in [3.8, 4) is 0 Å². The molecular formula is C16H33N3O. The van der Waals surface area contributed by atoms with Crippen molar-refractivity contribution in [1.82, 2.24) is 10.2 Å². The first kappa shape index (κ1) is 17.4. The van der Waals surface area contributed by atoms with Gasteiger partial charge in [-0.25, -0.2) is 0 Å². The quantitative estimate of drug-likeness (QED) is 0.829. The molecule has 1 amide bonds. The van der Waals surface area contributed by atoms with Crippen molar-refractivity contribution in [3.05, 3.63) is 0 Å². The van der Waals surface area contributed by atoms with E-state index in [-0.39, 0.29) is 16.9 Å². The molecule has 0 saturated heterocycles. The Kier molecular flexibility index (Phi) is 5.61. The Morgan fingerprint density at radius 3 is 2.50 bits per heavy atom. The fourth-order valence-electron chi connectivity index (χ4n) is 3.11. The first-order valence-electron chi connectivity index (χ1n) is 7.79. The van der Waals surface area contributed by atoms with Crippen LogP contribution in [-0.4, -0.2) is 43.0 Å². The Hall–Kier alpha value is -0.610. The number of hydrogen-bond acceptors (Lipinski definition) is 3. The van der Waals surface area contributed by atoms with Crippen molar-refractivity contribution < 1.29 is 4.79 Å². The highest BCUT2D eigenvalue weighted by molar-refractivity contribution is 5.82. The van der Waals surface area contributed by atoms with Crippen molar-refractivity contribution in [3.63, 3.8) is 0 Å². The summed E-state index contributed by atoms with van der Waals surface area (Å²) in [5, 5.41) is 3.10. The van der Waals surface area contributed by atoms with E-state index in [9.17, 15) is 4.79 Å². The molecule has 0 aliphatic heterocycles. The summed E-state index contributed by atoms with van der Waals surface area (Å²) in [6.07, 6.45) is 4.83. The van der Waals surface area contributed by atoms with Gasteiger partial charge in [0.15, 0.2) is 0 Å². The lowest BCUT2D eigenvalue weighted by Gasteiger charge is -2.45. The smallest absolute Gasteiger partial charge is 0.237 e. The summed E-state index contributed by atoms with van der Waals surface area (Å²) in [4.78, 5) is 14.5. The van der Waals surface area contributed by atoms with E-state index in [1.54, 1.807) is 0 Å². The predicted molar refractivity (Wildman–Crippen MR) is 84.5 cm³/mol. The number of nitrogens with zero attached hydrogens (tertiary/aromatic N) is 1. The Morgan fingerprint density at radius 2 is 2.05 bits per heavy atom. The second kappa shape index (κ2) is 6.44. The Bertz CT molecular complexity index is 335. The van der Waals surface area contributed by atoms with E-state index in [4.69, 9.17) is 5.73 Å². The van der Waals surface area contributed by atoms with Gasteiger partial charge in [-0.05, 0) is 38.3 Å². The van der Waals surface area contributed by atoms with E-state index in [2.05, 4.69) is 31.2 Å². The van der Waals surface area contributed by atoms with Gasteiger partial charge in [-0.15, -0.1) is 0 Å². The van der Waals surface area contributed by atoms with Gasteiger partial charge in [0, 0.05) is 12.1 Å². The van der Waals surface area contributed by atoms with Gasteiger partial charge in [0.25, 0.3) is 0 Å². The molecular weight excluding hydrogens is 250 g/mol. The molecule has 1 aliphatic carbocycles. The Balaban J connectivity index is 2.67. The van der Waals surface area contributed by atoms with Crippen molar-refractivity contribution >= 4 is 5.91 Å². The average molecular weight is 283 g/mol. The highest BCUT2D eigenvalue weighted by Gasteiger charge is 2.38. The molecule has 0 spiro atoms. The van der Waals surface area contributed by atoms with Crippen LogP contribution >= 0.6 is 0 Å². The standard InChI is InChI=1S/C16H33N3O/c1-12-8-7-9-16(10-12,19(5)6)11-18-14(20)13(17)15(2,3)4/h12-13H,7-11,17H2,1-6H3,(H,18,20)/t12?,13-,16?/m0/s1. The zero-order valence-electron chi connectivity index (χ0n) is 14.1. The molecule has 4 nitrogen and oxygen atoms in total. The Morgan fingerprint density at radius 1 is 1.45 bits per heavy atom. The number of amides is 1. The first-order valence-corrected chi connectivity index (χ1v) is 7.79. The van der Waals surface area contributed by atoms with E-state index >= 15 is 0 Å². The molecule has 0 radical (unpaired) electrons. The maximum absolute atomic E-state index is 12.2. The summed E-state index contributed by atoms with van der Waals surface area (Å²) in [5.41, 5.74) is 5.92. The summed E-state index contributed by atoms with van der Waals surface area (Å²) < 4.78 is 0. The van der Waals surface area contributed by atoms with Gasteiger partial charge in [0.05, 0.1) is 6.04 Å². The molecule has 1 fully saturated rings. The largest absolute Gasteiger partial charge is 0.353 e. The molecule has 4 heteroatoms. The zero-order valence-corrected chi connectivity index (χ0v) is 14.1. The second-order valence-corrected chi connectivity index (χ2v) is 7.88. The van der Waals surface area contributed by atoms with Gasteiger partial charge in [-0.3, -0.25) is 4.79 Å². The number of nitrogens with two attached hydrogens (primary N) is 1. The minimum absolute atomic E-state index is 0.0306. The van der Waals surface area contributed by atoms with Gasteiger partial charge in [0.1, 0.15) is 0 Å². The fourth-order valence-corrected chi connectivity index (χ4v) is 3.11. The molecule has 0 bridgehead atoms. The normalized spacial score (nSPS) is 29.3. The molecule has 0 aromatic carbocycles. The number of carbonyl (C=O) groups excluding carboxylic acids is 1. The first-order chi connectivity index (χ1) is 9.08. The second-order valence-electron chi connectivity index (χ2n) is 7.88. The van der Waals surface area contributed by atoms with Crippen LogP contribution in [0.3, 0.4) is 0 Å². The molecule has 118 valence electrons. The SMILES string of the molecule is CC1CCCC(CNC(=O)[C@H](N)C(C)(C)C)(N(C)C)C1. The Labute approximate surface area is 124 Å². The minimum Gasteiger partial charge on any atom is -0.353 e. The van der Waals surface area contributed by atoms with Crippen LogP contribution in [0.2, 0.25) is 0 Å². The number of rotatable bonds is 4. The fraction of sp³-hybridized carbons (Fsp3) is 0.938. The zero-order chi connectivity index (χ0) is 15.6. The van der Waals surface area contributed by atoms with Gasteiger partial charge >= 0.3 is 0 Å². The molecule has 0 aromatic heterocycles. The van der Waals surface area contributed by atoms with E-state index in [1.807, 2.05) is 20.8 Å². The van der Waals surface area contributed by atoms with E-state index in [0.29, 0.717) is 6.54 Å². The van der Waals surface area contributed by atoms with Crippen molar-refractivity contribution in [1.29, 1.82) is 0 Å². The topological polar surface area (TPSA) is 58.4 Å². The lowest BCUT2D eigenvalue weighted by molar-refractivity contribution is -0.125. The third kappa shape index (κ3) is 4.19. The minimum atomic E-state index is -0.456. The molecule has 3 N–H and O–H groups in total. The maximum Gasteiger partial charge on any atom is 0.237 e. The summed E-state index contributed by atoms with van der Waals surface area (Å²) in [7, 11) is 4.24. The van der Waals surface area contributed by atoms with E-state index in [0.717, 1.165) is 18.8 Å². The van der Waals surface area contributed by atoms with Gasteiger partial charge < -0.3 is 16.0 Å². The molecule has 1 rings (SSSR count). The van der Waals surface area contributed by atoms with Gasteiger partial charge in [0.2, 0.25) is 5.91 Å². The van der Waals surface area contributed by atoms with Crippen molar-refractivity contribution in [2.24, 2.45) is 17.1 Å². The highest BCUT2D eigenvalue weighted by Crippen LogP contribution is 2.35. The van der Waals surface area contributed by atoms with Crippen LogP contribution in [0.1, 0.15) is 53.4 Å². The molecule has 3 atom stereocenters. The molecule has 20 heavy (non-hydrogen) atoms. The van der Waals surface area contributed by atoms with E-state index < -0.39 is 6.04 Å². The summed E-state index contributed by atoms with van der Waals surface area (Å²) in [6, 6.07) is -0.456. The summed E-state index contributed by atoms with van der Waals surface area (Å²) >= 11 is 0. The number of hydrogen-bond donors (Lipinski definition) is 2. The van der Waals surface area contributed by atoms with Crippen molar-refractivity contribution in [2.45, 2.75) is 65.0 Å². The molecule has 1 saturated carbocycles. The third-order valence-electron chi connectivity index (χ3n) is 4.82. The number of likely N-dealkylation sites (N-methyl/N-ethyl adjacent to an activating group) is 1. The molecule has 0 heterocycles. The van der Waals surface area contributed by atoms with Crippen molar-refractivity contribution in [2.75, 3.05) is 20.6 Å². The predicted octanol–water partition coefficient (Wildman–Crippen LogP) is 1.99. The van der Waals surface area contributed by atoms with Gasteiger partial charge in [-0.2, -0.15) is 0 Å². The summed E-state index contributed by atoms with van der Waals surface area (Å²) in [6.45, 7) is 9.01. The molecule has 1 aliphatic rings. The van der Waals surface area contributed by atoms with E-state index in [1.165, 1.54) is 12.8 Å². The molecule has 2 unspecified atom stereocenters. The van der Waals surface area contributed by atoms with Crippen LogP contribution in [0.5, 0.6) is 0 Å². The lowest BCUT2D eigenvalue weighted by atomic mass is 9.75. The monoisotopic (exact) mass is 283 g/mol. The maximum atomic E-state index is 12.2.